The fourth-order valence-electron chi connectivity index (χ4n) is 2.48. The Labute approximate surface area is 155 Å². The number of thioether (sulfide) groups is 1. The van der Waals surface area contributed by atoms with Crippen molar-refractivity contribution in [3.05, 3.63) is 47.3 Å². The predicted molar refractivity (Wildman–Crippen MR) is 102 cm³/mol. The number of carbonyl (C=O) groups is 1. The summed E-state index contributed by atoms with van der Waals surface area (Å²) >= 11 is 1.24. The lowest BCUT2D eigenvalue weighted by Crippen LogP contribution is -2.24. The number of nitrogens with one attached hydrogen (secondary N) is 1. The fourth-order valence-corrected chi connectivity index (χ4v) is 3.25. The Morgan fingerprint density at radius 3 is 2.62 bits per heavy atom. The van der Waals surface area contributed by atoms with Gasteiger partial charge in [-0.25, -0.2) is 9.36 Å². The lowest BCUT2D eigenvalue weighted by atomic mass is 10.2. The molecule has 1 aromatic carbocycles. The molecule has 1 atom stereocenters. The molecule has 0 spiro atoms. The zero-order chi connectivity index (χ0) is 18.8. The first-order valence-electron chi connectivity index (χ1n) is 8.14. The van der Waals surface area contributed by atoms with Crippen LogP contribution >= 0.6 is 11.8 Å². The van der Waals surface area contributed by atoms with Crippen molar-refractivity contribution in [2.24, 2.45) is 0 Å². The summed E-state index contributed by atoms with van der Waals surface area (Å²) in [7, 11) is 0. The summed E-state index contributed by atoms with van der Waals surface area (Å²) in [5, 5.41) is 15.5. The summed E-state index contributed by atoms with van der Waals surface area (Å²) in [6.07, 6.45) is 0. The molecule has 8 nitrogen and oxygen atoms in total. The third-order valence-electron chi connectivity index (χ3n) is 3.90. The van der Waals surface area contributed by atoms with Gasteiger partial charge in [0.1, 0.15) is 0 Å². The quantitative estimate of drug-likeness (QED) is 0.526. The molecule has 3 rings (SSSR count). The molecule has 26 heavy (non-hydrogen) atoms. The highest BCUT2D eigenvalue weighted by atomic mass is 32.2. The fraction of sp³-hybridized carbons (Fsp3) is 0.294. The molecule has 9 heteroatoms. The van der Waals surface area contributed by atoms with E-state index in [1.54, 1.807) is 11.6 Å². The van der Waals surface area contributed by atoms with E-state index in [-0.39, 0.29) is 5.91 Å². The van der Waals surface area contributed by atoms with Crippen molar-refractivity contribution in [3.8, 4) is 5.95 Å². The second-order valence-corrected chi connectivity index (χ2v) is 7.36. The molecule has 0 aliphatic carbocycles. The summed E-state index contributed by atoms with van der Waals surface area (Å²) in [4.78, 5) is 12.5. The number of hydrogen-bond donors (Lipinski definition) is 2. The van der Waals surface area contributed by atoms with Gasteiger partial charge >= 0.3 is 0 Å². The van der Waals surface area contributed by atoms with Gasteiger partial charge in [-0.1, -0.05) is 30.0 Å². The van der Waals surface area contributed by atoms with Crippen LogP contribution in [0.15, 0.2) is 35.5 Å². The van der Waals surface area contributed by atoms with Gasteiger partial charge in [-0.2, -0.15) is 5.10 Å². The van der Waals surface area contributed by atoms with E-state index in [1.165, 1.54) is 16.4 Å². The van der Waals surface area contributed by atoms with Gasteiger partial charge in [-0.05, 0) is 45.4 Å². The van der Waals surface area contributed by atoms with Gasteiger partial charge in [0, 0.05) is 11.4 Å². The van der Waals surface area contributed by atoms with Gasteiger partial charge < -0.3 is 11.2 Å². The maximum absolute atomic E-state index is 12.5. The molecule has 136 valence electrons. The molecule has 0 bridgehead atoms. The van der Waals surface area contributed by atoms with Crippen molar-refractivity contribution in [2.45, 2.75) is 38.1 Å². The molecule has 2 aromatic heterocycles. The average molecular weight is 371 g/mol. The van der Waals surface area contributed by atoms with Gasteiger partial charge in [0.05, 0.1) is 10.9 Å². The van der Waals surface area contributed by atoms with E-state index in [1.807, 2.05) is 51.1 Å². The van der Waals surface area contributed by atoms with Crippen LogP contribution in [0.2, 0.25) is 0 Å². The third-order valence-corrected chi connectivity index (χ3v) is 4.96. The van der Waals surface area contributed by atoms with Gasteiger partial charge in [0.25, 0.3) is 5.95 Å². The third kappa shape index (κ3) is 3.57. The maximum Gasteiger partial charge on any atom is 0.271 e. The van der Waals surface area contributed by atoms with Crippen LogP contribution in [0.4, 0.5) is 5.69 Å². The highest BCUT2D eigenvalue weighted by Crippen LogP contribution is 2.24. The van der Waals surface area contributed by atoms with Crippen LogP contribution in [0.1, 0.15) is 23.9 Å². The first kappa shape index (κ1) is 18.0. The van der Waals surface area contributed by atoms with Crippen LogP contribution in [-0.4, -0.2) is 35.8 Å². The molecule has 2 heterocycles. The number of para-hydroxylation sites is 1. The number of nitrogens with two attached hydrogens (primary N) is 1. The Kier molecular flexibility index (Phi) is 4.99. The van der Waals surface area contributed by atoms with Crippen LogP contribution in [0, 0.1) is 20.8 Å². The van der Waals surface area contributed by atoms with E-state index >= 15 is 0 Å². The highest BCUT2D eigenvalue weighted by molar-refractivity contribution is 8.00. The van der Waals surface area contributed by atoms with Crippen molar-refractivity contribution in [2.75, 3.05) is 11.2 Å². The number of aromatic nitrogens is 5. The van der Waals surface area contributed by atoms with E-state index < -0.39 is 5.25 Å². The second-order valence-electron chi connectivity index (χ2n) is 6.06. The summed E-state index contributed by atoms with van der Waals surface area (Å²) in [6, 6.07) is 9.57. The van der Waals surface area contributed by atoms with Crippen LogP contribution in [-0.2, 0) is 4.79 Å². The Hall–Kier alpha value is -2.81. The molecule has 1 unspecified atom stereocenters. The first-order valence-corrected chi connectivity index (χ1v) is 9.02. The molecule has 0 fully saturated rings. The van der Waals surface area contributed by atoms with Gasteiger partial charge in [0.15, 0.2) is 0 Å². The van der Waals surface area contributed by atoms with E-state index in [9.17, 15) is 4.79 Å². The standard InChI is InChI=1S/C17H21N7OS/c1-10-7-5-6-8-14(10)19-15(25)13(4)26-17-21-20-16(23(17)18)24-12(3)9-11(2)22-24/h5-9,13H,18H2,1-4H3,(H,19,25). The number of anilines is 1. The number of rotatable bonds is 5. The average Bonchev–Trinajstić information content (AvgIpc) is 3.11. The van der Waals surface area contributed by atoms with Gasteiger partial charge in [0.2, 0.25) is 11.1 Å². The summed E-state index contributed by atoms with van der Waals surface area (Å²) in [6.45, 7) is 7.56. The Morgan fingerprint density at radius 1 is 1.23 bits per heavy atom. The number of nitrogen functional groups attached to an aromatic ring is 1. The minimum absolute atomic E-state index is 0.125. The van der Waals surface area contributed by atoms with E-state index in [0.29, 0.717) is 11.1 Å². The smallest absolute Gasteiger partial charge is 0.271 e. The van der Waals surface area contributed by atoms with Crippen LogP contribution < -0.4 is 11.2 Å². The number of hydrogen-bond acceptors (Lipinski definition) is 6. The summed E-state index contributed by atoms with van der Waals surface area (Å²) < 4.78 is 2.98. The molecular formula is C17H21N7OS. The van der Waals surface area contributed by atoms with Gasteiger partial charge in [-0.3, -0.25) is 4.79 Å². The first-order chi connectivity index (χ1) is 12.4. The molecule has 3 aromatic rings. The monoisotopic (exact) mass is 371 g/mol. The second kappa shape index (κ2) is 7.20. The highest BCUT2D eigenvalue weighted by Gasteiger charge is 2.21. The van der Waals surface area contributed by atoms with E-state index in [0.717, 1.165) is 22.6 Å². The maximum atomic E-state index is 12.5. The van der Waals surface area contributed by atoms with Crippen molar-refractivity contribution >= 4 is 23.4 Å². The zero-order valence-electron chi connectivity index (χ0n) is 15.1. The van der Waals surface area contributed by atoms with E-state index in [4.69, 9.17) is 5.84 Å². The largest absolute Gasteiger partial charge is 0.334 e. The SMILES string of the molecule is Cc1cc(C)n(-c2nnc(SC(C)C(=O)Nc3ccccc3C)n2N)n1. The van der Waals surface area contributed by atoms with Crippen LogP contribution in [0.3, 0.4) is 0 Å². The normalized spacial score (nSPS) is 12.2. The predicted octanol–water partition coefficient (Wildman–Crippen LogP) is 2.22. The molecular weight excluding hydrogens is 350 g/mol. The Bertz CT molecular complexity index is 946. The number of nitrogens with zero attached hydrogens (tertiary/aromatic N) is 5. The van der Waals surface area contributed by atoms with E-state index in [2.05, 4.69) is 20.6 Å². The lowest BCUT2D eigenvalue weighted by Gasteiger charge is -2.13. The van der Waals surface area contributed by atoms with Crippen molar-refractivity contribution in [1.82, 2.24) is 24.7 Å². The topological polar surface area (TPSA) is 104 Å². The van der Waals surface area contributed by atoms with Crippen LogP contribution in [0.5, 0.6) is 0 Å². The molecule has 0 saturated carbocycles. The number of aryl methyl sites for hydroxylation is 3. The lowest BCUT2D eigenvalue weighted by molar-refractivity contribution is -0.115. The van der Waals surface area contributed by atoms with Crippen molar-refractivity contribution < 1.29 is 4.79 Å². The molecule has 1 amide bonds. The number of carbonyl (C=O) groups excluding carboxylic acids is 1. The van der Waals surface area contributed by atoms with Crippen LogP contribution in [0.25, 0.3) is 5.95 Å². The molecule has 0 saturated heterocycles. The minimum Gasteiger partial charge on any atom is -0.334 e. The molecule has 0 radical (unpaired) electrons. The summed E-state index contributed by atoms with van der Waals surface area (Å²) in [5.41, 5.74) is 3.57. The van der Waals surface area contributed by atoms with Gasteiger partial charge in [-0.15, -0.1) is 10.2 Å². The van der Waals surface area contributed by atoms with Crippen molar-refractivity contribution in [3.63, 3.8) is 0 Å². The molecule has 3 N–H and O–H groups in total. The number of amides is 1. The Morgan fingerprint density at radius 2 is 1.96 bits per heavy atom. The molecule has 0 aliphatic rings. The minimum atomic E-state index is -0.394. The molecule has 0 aliphatic heterocycles. The van der Waals surface area contributed by atoms with Crippen molar-refractivity contribution in [1.29, 1.82) is 0 Å². The zero-order valence-corrected chi connectivity index (χ0v) is 15.9. The summed E-state index contributed by atoms with van der Waals surface area (Å²) in [5.74, 6) is 6.40. The number of benzene rings is 1. The Balaban J connectivity index is 1.74.